The minimum Gasteiger partial charge on any atom is -0.313 e. The molecule has 3 N–H and O–H groups in total. The van der Waals surface area contributed by atoms with E-state index in [2.05, 4.69) is 36.5 Å². The third-order valence-corrected chi connectivity index (χ3v) is 5.49. The van der Waals surface area contributed by atoms with Crippen LogP contribution >= 0.6 is 7.72 Å². The Labute approximate surface area is 147 Å². The van der Waals surface area contributed by atoms with Gasteiger partial charge in [-0.05, 0) is 36.9 Å². The van der Waals surface area contributed by atoms with Gasteiger partial charge in [0.15, 0.2) is 0 Å². The Kier molecular flexibility index (Phi) is 11.1. The number of rotatable bonds is 14. The van der Waals surface area contributed by atoms with Gasteiger partial charge in [0.1, 0.15) is 6.16 Å². The Hall–Kier alpha value is -0.800. The fourth-order valence-corrected chi connectivity index (χ4v) is 3.38. The highest BCUT2D eigenvalue weighted by atomic mass is 31.2. The summed E-state index contributed by atoms with van der Waals surface area (Å²) >= 11 is 0. The van der Waals surface area contributed by atoms with Crippen LogP contribution in [0.25, 0.3) is 0 Å². The number of benzene rings is 1. The highest BCUT2D eigenvalue weighted by Crippen LogP contribution is 2.46. The van der Waals surface area contributed by atoms with Crippen LogP contribution in [-0.4, -0.2) is 28.5 Å². The lowest BCUT2D eigenvalue weighted by molar-refractivity contribution is 0.454. The molecule has 5 heteroatoms. The number of nitrogens with one attached hydrogen (secondary N) is 1. The minimum atomic E-state index is -3.28. The zero-order valence-corrected chi connectivity index (χ0v) is 15.8. The van der Waals surface area contributed by atoms with Crippen LogP contribution in [0.4, 0.5) is 0 Å². The smallest absolute Gasteiger partial charge is 0.313 e. The molecule has 4 nitrogen and oxygen atoms in total. The maximum atomic E-state index is 10.4. The van der Waals surface area contributed by atoms with Crippen LogP contribution in [0, 0.1) is 0 Å². The van der Waals surface area contributed by atoms with Crippen molar-refractivity contribution in [2.24, 2.45) is 0 Å². The molecule has 0 fully saturated rings. The van der Waals surface area contributed by atoms with Gasteiger partial charge in [0, 0.05) is 6.54 Å². The third kappa shape index (κ3) is 10.1. The largest absolute Gasteiger partial charge is 0.333 e. The van der Waals surface area contributed by atoms with Crippen LogP contribution in [0.1, 0.15) is 63.0 Å². The second-order valence-electron chi connectivity index (χ2n) is 6.48. The molecule has 0 amide bonds. The summed E-state index contributed by atoms with van der Waals surface area (Å²) in [6.45, 7) is 3.69. The molecular weight excluding hydrogens is 321 g/mol. The van der Waals surface area contributed by atoms with Crippen molar-refractivity contribution in [1.82, 2.24) is 5.32 Å². The highest BCUT2D eigenvalue weighted by molar-refractivity contribution is 7.78. The lowest BCUT2D eigenvalue weighted by Gasteiger charge is -2.07. The van der Waals surface area contributed by atoms with Gasteiger partial charge in [0.25, 0.3) is 0 Å². The summed E-state index contributed by atoms with van der Waals surface area (Å²) < 4.78 is 0. The van der Waals surface area contributed by atoms with Gasteiger partial charge in [-0.2, -0.15) is 0 Å². The fourth-order valence-electron chi connectivity index (χ4n) is 2.66. The van der Waals surface area contributed by atoms with Crippen molar-refractivity contribution in [1.29, 1.82) is 0 Å². The van der Waals surface area contributed by atoms with Gasteiger partial charge in [-0.15, -0.1) is 0 Å². The highest BCUT2D eigenvalue weighted by Gasteiger charge is 2.31. The van der Waals surface area contributed by atoms with Crippen LogP contribution in [0.15, 0.2) is 24.3 Å². The number of hydrogen-bond acceptors (Lipinski definition) is 4. The molecule has 0 radical (unpaired) electrons. The zero-order chi connectivity index (χ0) is 17.7. The average molecular weight is 354 g/mol. The van der Waals surface area contributed by atoms with E-state index in [1.165, 1.54) is 49.7 Å². The van der Waals surface area contributed by atoms with Gasteiger partial charge in [-0.1, -0.05) is 63.3 Å². The predicted molar refractivity (Wildman–Crippen MR) is 103 cm³/mol. The van der Waals surface area contributed by atoms with Crippen molar-refractivity contribution in [2.45, 2.75) is 64.8 Å². The zero-order valence-electron chi connectivity index (χ0n) is 14.9. The standard InChI is InChI=1S/C19H33NO3P/c1-2-3-4-5-6-7-9-18-10-12-19(13-11-18)16-20-14-8-15-24(22,23)17-21/h10-13,17,20,22-23H,2-9,14-16H2,1H3/q+1. The maximum Gasteiger partial charge on any atom is 0.333 e. The average Bonchev–Trinajstić information content (AvgIpc) is 2.59. The van der Waals surface area contributed by atoms with Crippen molar-refractivity contribution in [3.05, 3.63) is 35.4 Å². The summed E-state index contributed by atoms with van der Waals surface area (Å²) in [5, 5.41) is 3.27. The summed E-state index contributed by atoms with van der Waals surface area (Å²) in [5.74, 6) is 0. The molecule has 0 aromatic heterocycles. The summed E-state index contributed by atoms with van der Waals surface area (Å²) in [7, 11) is -3.28. The first-order chi connectivity index (χ1) is 11.6. The van der Waals surface area contributed by atoms with Crippen LogP contribution in [0.2, 0.25) is 0 Å². The van der Waals surface area contributed by atoms with Crippen molar-refractivity contribution in [3.63, 3.8) is 0 Å². The second-order valence-corrected chi connectivity index (χ2v) is 8.71. The lowest BCUT2D eigenvalue weighted by Crippen LogP contribution is -2.16. The molecule has 1 aromatic rings. The maximum absolute atomic E-state index is 10.4. The van der Waals surface area contributed by atoms with E-state index >= 15 is 0 Å². The number of hydrogen-bond donors (Lipinski definition) is 3. The molecule has 0 atom stereocenters. The Morgan fingerprint density at radius 2 is 1.58 bits per heavy atom. The normalized spacial score (nSPS) is 11.6. The van der Waals surface area contributed by atoms with Crippen LogP contribution in [0.5, 0.6) is 0 Å². The number of unbranched alkanes of at least 4 members (excludes halogenated alkanes) is 5. The predicted octanol–water partition coefficient (Wildman–Crippen LogP) is 4.09. The van der Waals surface area contributed by atoms with E-state index in [4.69, 9.17) is 0 Å². The first-order valence-corrected chi connectivity index (χ1v) is 11.1. The Morgan fingerprint density at radius 1 is 0.958 bits per heavy atom. The van der Waals surface area contributed by atoms with Gasteiger partial charge in [-0.25, -0.2) is 9.79 Å². The Bertz CT molecular complexity index is 448. The molecule has 136 valence electrons. The van der Waals surface area contributed by atoms with Crippen LogP contribution in [-0.2, 0) is 17.8 Å². The fraction of sp³-hybridized carbons (Fsp3) is 0.632. The summed E-state index contributed by atoms with van der Waals surface area (Å²) in [6.07, 6.45) is 9.88. The van der Waals surface area contributed by atoms with Crippen LogP contribution in [0.3, 0.4) is 0 Å². The molecule has 0 aliphatic heterocycles. The van der Waals surface area contributed by atoms with E-state index in [-0.39, 0.29) is 12.2 Å². The molecule has 24 heavy (non-hydrogen) atoms. The van der Waals surface area contributed by atoms with E-state index in [1.807, 2.05) is 0 Å². The minimum absolute atomic E-state index is 0.167. The number of carbonyl (C=O) groups excluding carboxylic acids is 1. The van der Waals surface area contributed by atoms with Gasteiger partial charge < -0.3 is 5.32 Å². The Balaban J connectivity index is 2.12. The molecule has 0 saturated heterocycles. The summed E-state index contributed by atoms with van der Waals surface area (Å²) in [6, 6.07) is 9.00. The summed E-state index contributed by atoms with van der Waals surface area (Å²) in [5.41, 5.74) is 2.63. The number of aryl methyl sites for hydroxylation is 1. The molecule has 0 aliphatic rings. The molecular formula is C19H33NO3P+. The number of carbonyl (C=O) groups is 1. The van der Waals surface area contributed by atoms with Gasteiger partial charge >= 0.3 is 13.7 Å². The molecule has 0 aliphatic carbocycles. The first-order valence-electron chi connectivity index (χ1n) is 9.15. The van der Waals surface area contributed by atoms with Crippen molar-refractivity contribution in [3.8, 4) is 0 Å². The van der Waals surface area contributed by atoms with Crippen molar-refractivity contribution < 1.29 is 14.6 Å². The molecule has 0 spiro atoms. The monoisotopic (exact) mass is 354 g/mol. The SMILES string of the molecule is CCCCCCCCc1ccc(CNCCC[P+](O)(O)C=O)cc1. The second kappa shape index (κ2) is 12.5. The lowest BCUT2D eigenvalue weighted by atomic mass is 10.0. The van der Waals surface area contributed by atoms with Crippen molar-refractivity contribution >= 4 is 13.7 Å². The first kappa shape index (κ1) is 21.2. The van der Waals surface area contributed by atoms with E-state index in [9.17, 15) is 14.6 Å². The van der Waals surface area contributed by atoms with Gasteiger partial charge in [0.05, 0.1) is 0 Å². The Morgan fingerprint density at radius 3 is 2.25 bits per heavy atom. The quantitative estimate of drug-likeness (QED) is 0.267. The molecule has 1 rings (SSSR count). The van der Waals surface area contributed by atoms with E-state index < -0.39 is 7.72 Å². The van der Waals surface area contributed by atoms with E-state index in [0.717, 1.165) is 13.0 Å². The molecule has 0 bridgehead atoms. The van der Waals surface area contributed by atoms with Gasteiger partial charge in [0.2, 0.25) is 0 Å². The third-order valence-electron chi connectivity index (χ3n) is 4.18. The van der Waals surface area contributed by atoms with E-state index in [0.29, 0.717) is 13.0 Å². The van der Waals surface area contributed by atoms with Crippen molar-refractivity contribution in [2.75, 3.05) is 12.7 Å². The molecule has 0 heterocycles. The molecule has 0 unspecified atom stereocenters. The van der Waals surface area contributed by atoms with Gasteiger partial charge in [-0.3, -0.25) is 4.79 Å². The molecule has 1 aromatic carbocycles. The molecule has 0 saturated carbocycles. The summed E-state index contributed by atoms with van der Waals surface area (Å²) in [4.78, 5) is 29.0. The van der Waals surface area contributed by atoms with Crippen LogP contribution < -0.4 is 5.32 Å². The van der Waals surface area contributed by atoms with E-state index in [1.54, 1.807) is 0 Å². The topological polar surface area (TPSA) is 69.6 Å².